The number of benzene rings is 2. The van der Waals surface area contributed by atoms with Gasteiger partial charge in [-0.05, 0) is 99.6 Å². The molecular formula is C54H88N2O3. The van der Waals surface area contributed by atoms with Crippen LogP contribution in [0.2, 0.25) is 0 Å². The molecule has 4 atom stereocenters. The Labute approximate surface area is 362 Å². The Morgan fingerprint density at radius 2 is 0.712 bits per heavy atom. The van der Waals surface area contributed by atoms with Gasteiger partial charge >= 0.3 is 0 Å². The fraction of sp³-hybridized carbons (Fsp3) is 0.704. The van der Waals surface area contributed by atoms with Crippen LogP contribution in [0.4, 0.5) is 11.4 Å². The van der Waals surface area contributed by atoms with Crippen molar-refractivity contribution < 1.29 is 14.2 Å². The van der Waals surface area contributed by atoms with Gasteiger partial charge in [-0.2, -0.15) is 0 Å². The second kappa shape index (κ2) is 29.6. The minimum Gasteiger partial charge on any atom is -0.399 e. The van der Waals surface area contributed by atoms with E-state index >= 15 is 0 Å². The normalized spacial score (nSPS) is 18.4. The van der Waals surface area contributed by atoms with Crippen LogP contribution in [0.15, 0.2) is 72.8 Å². The van der Waals surface area contributed by atoms with Gasteiger partial charge in [-0.1, -0.05) is 191 Å². The van der Waals surface area contributed by atoms with E-state index in [9.17, 15) is 0 Å². The molecule has 5 heteroatoms. The summed E-state index contributed by atoms with van der Waals surface area (Å²) < 4.78 is 20.3. The third-order valence-corrected chi connectivity index (χ3v) is 13.0. The van der Waals surface area contributed by atoms with Gasteiger partial charge in [0.25, 0.3) is 0 Å². The number of ether oxygens (including phenoxy) is 3. The van der Waals surface area contributed by atoms with E-state index in [4.69, 9.17) is 25.7 Å². The molecule has 0 bridgehead atoms. The molecule has 2 aromatic rings. The van der Waals surface area contributed by atoms with Crippen molar-refractivity contribution in [1.82, 2.24) is 0 Å². The minimum absolute atomic E-state index is 0.0148. The van der Waals surface area contributed by atoms with Crippen LogP contribution in [-0.2, 0) is 25.4 Å². The molecule has 332 valence electrons. The first-order valence-electron chi connectivity index (χ1n) is 25.0. The highest BCUT2D eigenvalue weighted by Crippen LogP contribution is 2.52. The van der Waals surface area contributed by atoms with Crippen molar-refractivity contribution in [3.8, 4) is 0 Å². The van der Waals surface area contributed by atoms with E-state index in [-0.39, 0.29) is 12.2 Å². The number of hydrogen-bond donors (Lipinski definition) is 2. The van der Waals surface area contributed by atoms with Crippen LogP contribution in [0, 0.1) is 0 Å². The van der Waals surface area contributed by atoms with Crippen molar-refractivity contribution in [2.75, 3.05) is 24.7 Å². The lowest BCUT2D eigenvalue weighted by Gasteiger charge is -2.44. The SMILES string of the molecule is CCCCCCCC/C=C\CCCCCCCCC(OC(CCCCCCCC/C=C\CCCCCCCC)(c1ccc(N)cc1)C1CO1)(c1ccc(N)cc1)C1CO1. The number of unbranched alkanes of at least 4 members (excludes halogenated alkanes) is 24. The van der Waals surface area contributed by atoms with Gasteiger partial charge < -0.3 is 25.7 Å². The molecule has 0 radical (unpaired) electrons. The standard InChI is InChI=1S/C54H88N2O3/c1-3-5-7-9-11-13-15-17-19-21-23-25-27-29-31-33-43-53(51-45-57-51,47-35-39-49(55)40-36-47)59-54(52-46-58-52,48-37-41-50(56)42-38-48)44-34-32-30-28-26-24-22-20-18-16-14-12-10-8-6-4-2/h17-20,35-42,51-52H,3-16,21-34,43-46,55-56H2,1-2H3/b19-17-,20-18-. The van der Waals surface area contributed by atoms with Crippen LogP contribution in [0.5, 0.6) is 0 Å². The fourth-order valence-corrected chi connectivity index (χ4v) is 9.09. The summed E-state index contributed by atoms with van der Waals surface area (Å²) in [5, 5.41) is 0. The van der Waals surface area contributed by atoms with Gasteiger partial charge in [0.05, 0.1) is 13.2 Å². The van der Waals surface area contributed by atoms with E-state index in [1.165, 1.54) is 178 Å². The summed E-state index contributed by atoms with van der Waals surface area (Å²) in [4.78, 5) is 0. The Bertz CT molecular complexity index is 1280. The summed E-state index contributed by atoms with van der Waals surface area (Å²) in [6.45, 7) is 6.01. The highest BCUT2D eigenvalue weighted by molar-refractivity contribution is 5.44. The average molecular weight is 813 g/mol. The molecule has 2 heterocycles. The summed E-state index contributed by atoms with van der Waals surface area (Å²) >= 11 is 0. The molecule has 2 aliphatic heterocycles. The zero-order valence-electron chi connectivity index (χ0n) is 38.1. The van der Waals surface area contributed by atoms with Crippen molar-refractivity contribution in [1.29, 1.82) is 0 Å². The second-order valence-electron chi connectivity index (χ2n) is 18.1. The van der Waals surface area contributed by atoms with Crippen molar-refractivity contribution in [3.05, 3.63) is 84.0 Å². The quantitative estimate of drug-likeness (QED) is 0.0305. The van der Waals surface area contributed by atoms with Crippen LogP contribution < -0.4 is 11.5 Å². The molecule has 2 aromatic carbocycles. The van der Waals surface area contributed by atoms with Crippen LogP contribution in [0.3, 0.4) is 0 Å². The number of hydrogen-bond acceptors (Lipinski definition) is 5. The minimum atomic E-state index is -0.579. The lowest BCUT2D eigenvalue weighted by molar-refractivity contribution is -0.197. The molecule has 0 saturated carbocycles. The van der Waals surface area contributed by atoms with E-state index in [0.29, 0.717) is 13.2 Å². The highest BCUT2D eigenvalue weighted by Gasteiger charge is 2.58. The Balaban J connectivity index is 1.29. The molecule has 0 aromatic heterocycles. The number of nitrogen functional groups attached to an aromatic ring is 2. The van der Waals surface area contributed by atoms with E-state index in [1.807, 2.05) is 24.3 Å². The second-order valence-corrected chi connectivity index (χ2v) is 18.1. The molecule has 4 N–H and O–H groups in total. The maximum atomic E-state index is 7.83. The van der Waals surface area contributed by atoms with Crippen molar-refractivity contribution >= 4 is 11.4 Å². The Kier molecular flexibility index (Phi) is 24.6. The topological polar surface area (TPSA) is 86.3 Å². The number of anilines is 2. The van der Waals surface area contributed by atoms with Gasteiger partial charge in [0.2, 0.25) is 0 Å². The molecule has 2 saturated heterocycles. The summed E-state index contributed by atoms with van der Waals surface area (Å²) in [5.74, 6) is 0. The Morgan fingerprint density at radius 1 is 0.441 bits per heavy atom. The van der Waals surface area contributed by atoms with Gasteiger partial charge in [0.15, 0.2) is 0 Å². The molecule has 4 rings (SSSR count). The van der Waals surface area contributed by atoms with Gasteiger partial charge in [-0.15, -0.1) is 0 Å². The largest absolute Gasteiger partial charge is 0.399 e. The van der Waals surface area contributed by atoms with Crippen molar-refractivity contribution in [3.63, 3.8) is 0 Å². The first kappa shape index (κ1) is 49.1. The fourth-order valence-electron chi connectivity index (χ4n) is 9.09. The summed E-state index contributed by atoms with van der Waals surface area (Å²) in [7, 11) is 0. The lowest BCUT2D eigenvalue weighted by atomic mass is 9.80. The highest BCUT2D eigenvalue weighted by atomic mass is 16.6. The predicted octanol–water partition coefficient (Wildman–Crippen LogP) is 15.6. The van der Waals surface area contributed by atoms with Crippen LogP contribution in [0.1, 0.15) is 218 Å². The van der Waals surface area contributed by atoms with Crippen LogP contribution in [0.25, 0.3) is 0 Å². The summed E-state index contributed by atoms with van der Waals surface area (Å²) in [5.41, 5.74) is 15.2. The van der Waals surface area contributed by atoms with Gasteiger partial charge in [-0.25, -0.2) is 0 Å². The third kappa shape index (κ3) is 18.9. The average Bonchev–Trinajstić information content (AvgIpc) is 4.18. The van der Waals surface area contributed by atoms with Crippen LogP contribution in [-0.4, -0.2) is 25.4 Å². The summed E-state index contributed by atoms with van der Waals surface area (Å²) in [6.07, 6.45) is 47.9. The zero-order chi connectivity index (χ0) is 41.7. The molecule has 0 aliphatic carbocycles. The van der Waals surface area contributed by atoms with Crippen molar-refractivity contribution in [2.24, 2.45) is 0 Å². The molecule has 0 amide bonds. The van der Waals surface area contributed by atoms with Gasteiger partial charge in [-0.3, -0.25) is 0 Å². The maximum absolute atomic E-state index is 7.83. The molecular weight excluding hydrogens is 725 g/mol. The Hall–Kier alpha value is -2.60. The molecule has 0 spiro atoms. The molecule has 4 unspecified atom stereocenters. The maximum Gasteiger partial charge on any atom is 0.123 e. The van der Waals surface area contributed by atoms with E-state index in [0.717, 1.165) is 37.1 Å². The number of allylic oxidation sites excluding steroid dienone is 4. The van der Waals surface area contributed by atoms with E-state index in [1.54, 1.807) is 0 Å². The zero-order valence-corrected chi connectivity index (χ0v) is 38.1. The van der Waals surface area contributed by atoms with Crippen LogP contribution >= 0.6 is 0 Å². The smallest absolute Gasteiger partial charge is 0.123 e. The number of rotatable bonds is 38. The molecule has 2 aliphatic rings. The molecule has 2 fully saturated rings. The third-order valence-electron chi connectivity index (χ3n) is 13.0. The van der Waals surface area contributed by atoms with E-state index < -0.39 is 11.2 Å². The number of nitrogens with two attached hydrogens (primary N) is 2. The van der Waals surface area contributed by atoms with Crippen molar-refractivity contribution in [2.45, 2.75) is 230 Å². The molecule has 59 heavy (non-hydrogen) atoms. The first-order valence-corrected chi connectivity index (χ1v) is 25.0. The van der Waals surface area contributed by atoms with Gasteiger partial charge in [0, 0.05) is 11.4 Å². The van der Waals surface area contributed by atoms with E-state index in [2.05, 4.69) is 62.4 Å². The predicted molar refractivity (Wildman–Crippen MR) is 254 cm³/mol. The first-order chi connectivity index (χ1) is 29.0. The lowest BCUT2D eigenvalue weighted by Crippen LogP contribution is -2.48. The van der Waals surface area contributed by atoms with Gasteiger partial charge in [0.1, 0.15) is 23.4 Å². The molecule has 5 nitrogen and oxygen atoms in total. The Morgan fingerprint density at radius 3 is 1.00 bits per heavy atom. The summed E-state index contributed by atoms with van der Waals surface area (Å²) in [6, 6.07) is 16.8. The number of epoxide rings is 2. The monoisotopic (exact) mass is 813 g/mol.